The van der Waals surface area contributed by atoms with Gasteiger partial charge in [0.15, 0.2) is 5.11 Å². The van der Waals surface area contributed by atoms with E-state index < -0.39 is 0 Å². The molecule has 6 heteroatoms. The van der Waals surface area contributed by atoms with Gasteiger partial charge in [0.2, 0.25) is 0 Å². The Kier molecular flexibility index (Phi) is 5.03. The molecule has 2 aromatic rings. The Balaban J connectivity index is 1.90. The van der Waals surface area contributed by atoms with Crippen LogP contribution in [0, 0.1) is 12.7 Å². The van der Waals surface area contributed by atoms with Gasteiger partial charge in [-0.3, -0.25) is 0 Å². The van der Waals surface area contributed by atoms with Gasteiger partial charge in [-0.1, -0.05) is 12.1 Å². The summed E-state index contributed by atoms with van der Waals surface area (Å²) in [7, 11) is 0. The average Bonchev–Trinajstić information content (AvgIpc) is 2.41. The van der Waals surface area contributed by atoms with Crippen LogP contribution in [0.5, 0.6) is 0 Å². The highest BCUT2D eigenvalue weighted by Gasteiger charge is 2.04. The van der Waals surface area contributed by atoms with Crippen LogP contribution >= 0.6 is 28.1 Å². The third-order valence-corrected chi connectivity index (χ3v) is 3.43. The maximum Gasteiger partial charge on any atom is 0.172 e. The molecule has 0 saturated heterocycles. The molecule has 3 nitrogen and oxygen atoms in total. The van der Waals surface area contributed by atoms with Crippen molar-refractivity contribution >= 4 is 39.1 Å². The van der Waals surface area contributed by atoms with Gasteiger partial charge in [0.25, 0.3) is 0 Å². The number of benzene rings is 1. The molecule has 0 saturated carbocycles. The van der Waals surface area contributed by atoms with E-state index in [1.54, 1.807) is 18.3 Å². The maximum absolute atomic E-state index is 12.8. The third kappa shape index (κ3) is 4.25. The molecule has 1 heterocycles. The molecule has 0 unspecified atom stereocenters. The van der Waals surface area contributed by atoms with Gasteiger partial charge in [-0.15, -0.1) is 0 Å². The molecule has 20 heavy (non-hydrogen) atoms. The second-order valence-corrected chi connectivity index (χ2v) is 5.54. The van der Waals surface area contributed by atoms with E-state index in [-0.39, 0.29) is 5.82 Å². The van der Waals surface area contributed by atoms with E-state index in [0.29, 0.717) is 17.5 Å². The number of anilines is 1. The summed E-state index contributed by atoms with van der Waals surface area (Å²) in [6.45, 7) is 2.49. The Morgan fingerprint density at radius 1 is 1.35 bits per heavy atom. The largest absolute Gasteiger partial charge is 0.358 e. The van der Waals surface area contributed by atoms with Crippen molar-refractivity contribution in [1.82, 2.24) is 10.3 Å². The molecule has 0 spiro atoms. The molecule has 0 aliphatic rings. The minimum Gasteiger partial charge on any atom is -0.358 e. The summed E-state index contributed by atoms with van der Waals surface area (Å²) in [5.41, 5.74) is 2.01. The summed E-state index contributed by atoms with van der Waals surface area (Å²) in [5.74, 6) is 0.412. The van der Waals surface area contributed by atoms with Crippen LogP contribution in [0.1, 0.15) is 11.1 Å². The van der Waals surface area contributed by atoms with E-state index >= 15 is 0 Å². The first-order chi connectivity index (χ1) is 9.54. The standard InChI is InChI=1S/C14H13BrFN3S/c1-9-6-12(15)13(17-7-9)19-14(20)18-8-10-2-4-11(16)5-3-10/h2-7H,8H2,1H3,(H2,17,18,19,20). The van der Waals surface area contributed by atoms with Crippen molar-refractivity contribution < 1.29 is 4.39 Å². The zero-order valence-electron chi connectivity index (χ0n) is 10.8. The Morgan fingerprint density at radius 2 is 2.05 bits per heavy atom. The molecule has 2 rings (SSSR count). The lowest BCUT2D eigenvalue weighted by molar-refractivity contribution is 0.627. The second kappa shape index (κ2) is 6.76. The van der Waals surface area contributed by atoms with E-state index in [9.17, 15) is 4.39 Å². The van der Waals surface area contributed by atoms with E-state index in [2.05, 4.69) is 31.5 Å². The lowest BCUT2D eigenvalue weighted by atomic mass is 10.2. The van der Waals surface area contributed by atoms with Crippen LogP contribution in [0.4, 0.5) is 10.2 Å². The minimum absolute atomic E-state index is 0.248. The molecule has 0 radical (unpaired) electrons. The monoisotopic (exact) mass is 353 g/mol. The second-order valence-electron chi connectivity index (χ2n) is 4.28. The van der Waals surface area contributed by atoms with E-state index in [4.69, 9.17) is 12.2 Å². The minimum atomic E-state index is -0.248. The number of nitrogens with one attached hydrogen (secondary N) is 2. The third-order valence-electron chi connectivity index (χ3n) is 2.58. The topological polar surface area (TPSA) is 37.0 Å². The fourth-order valence-corrected chi connectivity index (χ4v) is 2.29. The van der Waals surface area contributed by atoms with Crippen molar-refractivity contribution in [3.63, 3.8) is 0 Å². The van der Waals surface area contributed by atoms with Crippen LogP contribution in [0.2, 0.25) is 0 Å². The van der Waals surface area contributed by atoms with Crippen LogP contribution in [-0.4, -0.2) is 10.1 Å². The van der Waals surface area contributed by atoms with Crippen molar-refractivity contribution in [3.05, 3.63) is 57.9 Å². The van der Waals surface area contributed by atoms with Crippen molar-refractivity contribution in [2.24, 2.45) is 0 Å². The summed E-state index contributed by atoms with van der Waals surface area (Å²) < 4.78 is 13.6. The van der Waals surface area contributed by atoms with E-state index in [0.717, 1.165) is 15.6 Å². The van der Waals surface area contributed by atoms with Crippen molar-refractivity contribution in [3.8, 4) is 0 Å². The molecule has 104 valence electrons. The first-order valence-electron chi connectivity index (χ1n) is 5.96. The van der Waals surface area contributed by atoms with Gasteiger partial charge in [-0.05, 0) is 64.4 Å². The number of hydrogen-bond acceptors (Lipinski definition) is 2. The highest BCUT2D eigenvalue weighted by Crippen LogP contribution is 2.20. The zero-order chi connectivity index (χ0) is 14.5. The number of nitrogens with zero attached hydrogens (tertiary/aromatic N) is 1. The highest BCUT2D eigenvalue weighted by atomic mass is 79.9. The van der Waals surface area contributed by atoms with Gasteiger partial charge < -0.3 is 10.6 Å². The molecule has 0 aliphatic carbocycles. The van der Waals surface area contributed by atoms with Crippen molar-refractivity contribution in [2.75, 3.05) is 5.32 Å². The van der Waals surface area contributed by atoms with Crippen LogP contribution in [0.15, 0.2) is 41.0 Å². The summed E-state index contributed by atoms with van der Waals surface area (Å²) in [5, 5.41) is 6.52. The van der Waals surface area contributed by atoms with Gasteiger partial charge in [0.05, 0.1) is 4.47 Å². The van der Waals surface area contributed by atoms with E-state index in [1.807, 2.05) is 13.0 Å². The predicted molar refractivity (Wildman–Crippen MR) is 86.1 cm³/mol. The Hall–Kier alpha value is -1.53. The van der Waals surface area contributed by atoms with Gasteiger partial charge in [0, 0.05) is 12.7 Å². The summed E-state index contributed by atoms with van der Waals surface area (Å²) in [6, 6.07) is 8.23. The van der Waals surface area contributed by atoms with Crippen LogP contribution in [0.3, 0.4) is 0 Å². The van der Waals surface area contributed by atoms with Gasteiger partial charge in [0.1, 0.15) is 11.6 Å². The maximum atomic E-state index is 12.8. The Labute approximate surface area is 130 Å². The fourth-order valence-electron chi connectivity index (χ4n) is 1.56. The summed E-state index contributed by atoms with van der Waals surface area (Å²) in [4.78, 5) is 4.25. The van der Waals surface area contributed by atoms with E-state index in [1.165, 1.54) is 12.1 Å². The molecular formula is C14H13BrFN3S. The average molecular weight is 354 g/mol. The number of rotatable bonds is 3. The Morgan fingerprint density at radius 3 is 2.70 bits per heavy atom. The molecule has 0 bridgehead atoms. The molecule has 0 aliphatic heterocycles. The van der Waals surface area contributed by atoms with Gasteiger partial charge in [-0.25, -0.2) is 9.37 Å². The number of hydrogen-bond donors (Lipinski definition) is 2. The first-order valence-corrected chi connectivity index (χ1v) is 7.16. The van der Waals surface area contributed by atoms with Crippen LogP contribution < -0.4 is 10.6 Å². The molecule has 2 N–H and O–H groups in total. The number of aromatic nitrogens is 1. The lowest BCUT2D eigenvalue weighted by Gasteiger charge is -2.11. The predicted octanol–water partition coefficient (Wildman–Crippen LogP) is 3.78. The summed E-state index contributed by atoms with van der Waals surface area (Å²) in [6.07, 6.45) is 1.76. The summed E-state index contributed by atoms with van der Waals surface area (Å²) >= 11 is 8.62. The number of pyridine rings is 1. The first kappa shape index (κ1) is 14.9. The quantitative estimate of drug-likeness (QED) is 0.823. The molecular weight excluding hydrogens is 341 g/mol. The zero-order valence-corrected chi connectivity index (χ0v) is 13.2. The van der Waals surface area contributed by atoms with Crippen LogP contribution in [-0.2, 0) is 6.54 Å². The van der Waals surface area contributed by atoms with Gasteiger partial charge in [-0.2, -0.15) is 0 Å². The smallest absolute Gasteiger partial charge is 0.172 e. The molecule has 1 aromatic carbocycles. The van der Waals surface area contributed by atoms with Crippen molar-refractivity contribution in [2.45, 2.75) is 13.5 Å². The number of aryl methyl sites for hydroxylation is 1. The lowest BCUT2D eigenvalue weighted by Crippen LogP contribution is -2.28. The Bertz CT molecular complexity index is 616. The normalized spacial score (nSPS) is 10.2. The molecule has 0 amide bonds. The van der Waals surface area contributed by atoms with Crippen molar-refractivity contribution in [1.29, 1.82) is 0 Å². The number of halogens is 2. The molecule has 1 aromatic heterocycles. The van der Waals surface area contributed by atoms with Crippen LogP contribution in [0.25, 0.3) is 0 Å². The fraction of sp³-hybridized carbons (Fsp3) is 0.143. The highest BCUT2D eigenvalue weighted by molar-refractivity contribution is 9.10. The molecule has 0 atom stereocenters. The number of thiocarbonyl (C=S) groups is 1. The SMILES string of the molecule is Cc1cnc(NC(=S)NCc2ccc(F)cc2)c(Br)c1. The van der Waals surface area contributed by atoms with Gasteiger partial charge >= 0.3 is 0 Å². The molecule has 0 fully saturated rings.